The molecule has 2 rings (SSSR count). The second kappa shape index (κ2) is 11.2. The van der Waals surface area contributed by atoms with Crippen LogP contribution in [-0.4, -0.2) is 49.0 Å². The highest BCUT2D eigenvalue weighted by Crippen LogP contribution is 2.19. The zero-order valence-electron chi connectivity index (χ0n) is 15.3. The maximum absolute atomic E-state index is 12.5. The Hall–Kier alpha value is -1.60. The smallest absolute Gasteiger partial charge is 0.255 e. The van der Waals surface area contributed by atoms with Crippen molar-refractivity contribution in [2.75, 3.05) is 33.4 Å². The molecule has 144 valence electrons. The molecule has 0 spiro atoms. The molecule has 0 atom stereocenters. The minimum absolute atomic E-state index is 0. The zero-order chi connectivity index (χ0) is 18.2. The SMILES string of the molecule is COCCNCCNC(=O)c1c(C)nn(Cc2ccccc2Cl)c1C.Cl. The minimum atomic E-state index is -0.103. The molecule has 6 nitrogen and oxygen atoms in total. The molecule has 0 fully saturated rings. The fraction of sp³-hybridized carbons (Fsp3) is 0.444. The molecule has 2 N–H and O–H groups in total. The lowest BCUT2D eigenvalue weighted by atomic mass is 10.1. The second-order valence-electron chi connectivity index (χ2n) is 5.79. The molecule has 0 aliphatic heterocycles. The van der Waals surface area contributed by atoms with Crippen LogP contribution in [0.2, 0.25) is 5.02 Å². The van der Waals surface area contributed by atoms with Crippen molar-refractivity contribution in [3.8, 4) is 0 Å². The van der Waals surface area contributed by atoms with Gasteiger partial charge in [-0.15, -0.1) is 12.4 Å². The highest BCUT2D eigenvalue weighted by Gasteiger charge is 2.18. The topological polar surface area (TPSA) is 68.2 Å². The first-order valence-corrected chi connectivity index (χ1v) is 8.67. The number of carbonyl (C=O) groups excluding carboxylic acids is 1. The van der Waals surface area contributed by atoms with Gasteiger partial charge in [-0.05, 0) is 25.5 Å². The molecular weight excluding hydrogens is 375 g/mol. The van der Waals surface area contributed by atoms with Crippen LogP contribution in [0.25, 0.3) is 0 Å². The van der Waals surface area contributed by atoms with Gasteiger partial charge in [0, 0.05) is 37.5 Å². The first kappa shape index (κ1) is 22.4. The van der Waals surface area contributed by atoms with E-state index < -0.39 is 0 Å². The standard InChI is InChI=1S/C18H25ClN4O2.ClH/c1-13-17(18(24)21-9-8-20-10-11-25-3)14(2)23(22-13)12-15-6-4-5-7-16(15)19;/h4-7,20H,8-12H2,1-3H3,(H,21,24);1H. The van der Waals surface area contributed by atoms with Crippen LogP contribution < -0.4 is 10.6 Å². The summed E-state index contributed by atoms with van der Waals surface area (Å²) in [6.07, 6.45) is 0. The van der Waals surface area contributed by atoms with Gasteiger partial charge in [0.25, 0.3) is 5.91 Å². The number of nitrogens with one attached hydrogen (secondary N) is 2. The number of halogens is 2. The van der Waals surface area contributed by atoms with Crippen molar-refractivity contribution in [1.82, 2.24) is 20.4 Å². The molecule has 0 bridgehead atoms. The van der Waals surface area contributed by atoms with Crippen molar-refractivity contribution in [3.63, 3.8) is 0 Å². The van der Waals surface area contributed by atoms with E-state index in [0.717, 1.165) is 23.5 Å². The fourth-order valence-corrected chi connectivity index (χ4v) is 2.81. The van der Waals surface area contributed by atoms with Gasteiger partial charge < -0.3 is 15.4 Å². The summed E-state index contributed by atoms with van der Waals surface area (Å²) < 4.78 is 6.78. The summed E-state index contributed by atoms with van der Waals surface area (Å²) in [4.78, 5) is 12.5. The van der Waals surface area contributed by atoms with Gasteiger partial charge in [-0.2, -0.15) is 5.10 Å². The van der Waals surface area contributed by atoms with Crippen LogP contribution in [-0.2, 0) is 11.3 Å². The van der Waals surface area contributed by atoms with E-state index in [-0.39, 0.29) is 18.3 Å². The van der Waals surface area contributed by atoms with Crippen LogP contribution >= 0.6 is 24.0 Å². The van der Waals surface area contributed by atoms with E-state index in [1.807, 2.05) is 42.8 Å². The average molecular weight is 401 g/mol. The summed E-state index contributed by atoms with van der Waals surface area (Å²) in [6.45, 7) is 6.96. The third-order valence-electron chi connectivity index (χ3n) is 3.96. The predicted molar refractivity (Wildman–Crippen MR) is 107 cm³/mol. The maximum Gasteiger partial charge on any atom is 0.255 e. The number of ether oxygens (including phenoxy) is 1. The largest absolute Gasteiger partial charge is 0.383 e. The van der Waals surface area contributed by atoms with Crippen molar-refractivity contribution >= 4 is 29.9 Å². The molecular formula is C18H26Cl2N4O2. The van der Waals surface area contributed by atoms with Crippen LogP contribution in [0, 0.1) is 13.8 Å². The summed E-state index contributed by atoms with van der Waals surface area (Å²) in [5, 5.41) is 11.3. The van der Waals surface area contributed by atoms with E-state index in [1.54, 1.807) is 7.11 Å². The van der Waals surface area contributed by atoms with E-state index >= 15 is 0 Å². The first-order chi connectivity index (χ1) is 12.0. The fourth-order valence-electron chi connectivity index (χ4n) is 2.62. The number of aromatic nitrogens is 2. The Bertz CT molecular complexity index is 719. The number of hydrogen-bond donors (Lipinski definition) is 2. The van der Waals surface area contributed by atoms with E-state index in [4.69, 9.17) is 16.3 Å². The van der Waals surface area contributed by atoms with Gasteiger partial charge in [0.1, 0.15) is 0 Å². The Balaban J connectivity index is 0.00000338. The molecule has 1 aromatic heterocycles. The van der Waals surface area contributed by atoms with Gasteiger partial charge in [0.05, 0.1) is 24.4 Å². The number of methoxy groups -OCH3 is 1. The molecule has 1 amide bonds. The van der Waals surface area contributed by atoms with E-state index in [0.29, 0.717) is 36.8 Å². The molecule has 1 aromatic carbocycles. The lowest BCUT2D eigenvalue weighted by molar-refractivity contribution is 0.0952. The molecule has 26 heavy (non-hydrogen) atoms. The highest BCUT2D eigenvalue weighted by molar-refractivity contribution is 6.31. The summed E-state index contributed by atoms with van der Waals surface area (Å²) in [5.41, 5.74) is 3.16. The van der Waals surface area contributed by atoms with Crippen LogP contribution in [0.15, 0.2) is 24.3 Å². The van der Waals surface area contributed by atoms with E-state index in [1.165, 1.54) is 0 Å². The third kappa shape index (κ3) is 5.99. The maximum atomic E-state index is 12.5. The Morgan fingerprint density at radius 2 is 1.96 bits per heavy atom. The van der Waals surface area contributed by atoms with Crippen molar-refractivity contribution in [1.29, 1.82) is 0 Å². The second-order valence-corrected chi connectivity index (χ2v) is 6.20. The summed E-state index contributed by atoms with van der Waals surface area (Å²) in [5.74, 6) is -0.103. The quantitative estimate of drug-likeness (QED) is 0.634. The van der Waals surface area contributed by atoms with Gasteiger partial charge in [-0.1, -0.05) is 29.8 Å². The van der Waals surface area contributed by atoms with Crippen molar-refractivity contribution in [3.05, 3.63) is 51.8 Å². The van der Waals surface area contributed by atoms with E-state index in [2.05, 4.69) is 15.7 Å². The lowest BCUT2D eigenvalue weighted by Crippen LogP contribution is -2.33. The number of nitrogens with zero attached hydrogens (tertiary/aromatic N) is 2. The molecule has 0 aliphatic rings. The van der Waals surface area contributed by atoms with Gasteiger partial charge in [-0.25, -0.2) is 0 Å². The Labute approximate surface area is 165 Å². The monoisotopic (exact) mass is 400 g/mol. The number of amides is 1. The van der Waals surface area contributed by atoms with Crippen LogP contribution in [0.4, 0.5) is 0 Å². The third-order valence-corrected chi connectivity index (χ3v) is 4.33. The molecule has 0 aliphatic carbocycles. The normalized spacial score (nSPS) is 10.5. The molecule has 0 saturated heterocycles. The number of benzene rings is 1. The van der Waals surface area contributed by atoms with Gasteiger partial charge in [0.15, 0.2) is 0 Å². The van der Waals surface area contributed by atoms with Crippen LogP contribution in [0.1, 0.15) is 27.3 Å². The molecule has 0 radical (unpaired) electrons. The molecule has 8 heteroatoms. The first-order valence-electron chi connectivity index (χ1n) is 8.30. The average Bonchev–Trinajstić information content (AvgIpc) is 2.86. The van der Waals surface area contributed by atoms with Crippen molar-refractivity contribution in [2.24, 2.45) is 0 Å². The predicted octanol–water partition coefficient (Wildman–Crippen LogP) is 2.59. The minimum Gasteiger partial charge on any atom is -0.383 e. The van der Waals surface area contributed by atoms with Crippen molar-refractivity contribution < 1.29 is 9.53 Å². The number of hydrogen-bond acceptors (Lipinski definition) is 4. The number of aryl methyl sites for hydroxylation is 1. The lowest BCUT2D eigenvalue weighted by Gasteiger charge is -2.08. The summed E-state index contributed by atoms with van der Waals surface area (Å²) in [7, 11) is 1.66. The highest BCUT2D eigenvalue weighted by atomic mass is 35.5. The van der Waals surface area contributed by atoms with Gasteiger partial charge in [0.2, 0.25) is 0 Å². The van der Waals surface area contributed by atoms with Crippen molar-refractivity contribution in [2.45, 2.75) is 20.4 Å². The summed E-state index contributed by atoms with van der Waals surface area (Å²) >= 11 is 6.22. The Morgan fingerprint density at radius 3 is 2.65 bits per heavy atom. The van der Waals surface area contributed by atoms with Crippen LogP contribution in [0.5, 0.6) is 0 Å². The van der Waals surface area contributed by atoms with Crippen LogP contribution in [0.3, 0.4) is 0 Å². The Kier molecular flexibility index (Phi) is 9.65. The molecule has 0 unspecified atom stereocenters. The Morgan fingerprint density at radius 1 is 1.23 bits per heavy atom. The number of rotatable bonds is 9. The molecule has 2 aromatic rings. The summed E-state index contributed by atoms with van der Waals surface area (Å²) in [6, 6.07) is 7.65. The molecule has 0 saturated carbocycles. The molecule has 1 heterocycles. The van der Waals surface area contributed by atoms with Gasteiger partial charge >= 0.3 is 0 Å². The van der Waals surface area contributed by atoms with E-state index in [9.17, 15) is 4.79 Å². The zero-order valence-corrected chi connectivity index (χ0v) is 16.9. The van der Waals surface area contributed by atoms with Gasteiger partial charge in [-0.3, -0.25) is 9.48 Å². The number of carbonyl (C=O) groups is 1.